The molecule has 2 N–H and O–H groups in total. The SMILES string of the molecule is CC(CO)(NC(=O)C1CCCN(C(=O)c2ccc(F)cc2)C1)C1CC1. The van der Waals surface area contributed by atoms with E-state index in [9.17, 15) is 19.1 Å². The summed E-state index contributed by atoms with van der Waals surface area (Å²) in [5, 5.41) is 12.6. The van der Waals surface area contributed by atoms with Crippen LogP contribution in [0.25, 0.3) is 0 Å². The summed E-state index contributed by atoms with van der Waals surface area (Å²) in [5.41, 5.74) is -0.138. The van der Waals surface area contributed by atoms with E-state index in [4.69, 9.17) is 0 Å². The minimum Gasteiger partial charge on any atom is -0.394 e. The molecule has 25 heavy (non-hydrogen) atoms. The van der Waals surface area contributed by atoms with Gasteiger partial charge in [0.25, 0.3) is 5.91 Å². The van der Waals surface area contributed by atoms with Gasteiger partial charge in [-0.1, -0.05) is 0 Å². The molecule has 1 heterocycles. The van der Waals surface area contributed by atoms with Gasteiger partial charge in [0.05, 0.1) is 18.1 Å². The van der Waals surface area contributed by atoms with Gasteiger partial charge >= 0.3 is 0 Å². The molecule has 1 saturated heterocycles. The maximum absolute atomic E-state index is 13.0. The van der Waals surface area contributed by atoms with Crippen LogP contribution in [0.4, 0.5) is 4.39 Å². The number of hydrogen-bond donors (Lipinski definition) is 2. The molecule has 5 nitrogen and oxygen atoms in total. The first-order valence-electron chi connectivity index (χ1n) is 8.90. The van der Waals surface area contributed by atoms with Gasteiger partial charge in [0.15, 0.2) is 0 Å². The Morgan fingerprint density at radius 3 is 2.56 bits per heavy atom. The van der Waals surface area contributed by atoms with Gasteiger partial charge in [0.1, 0.15) is 5.82 Å². The average molecular weight is 348 g/mol. The van der Waals surface area contributed by atoms with Crippen molar-refractivity contribution in [2.45, 2.75) is 38.1 Å². The standard InChI is InChI=1S/C19H25FN2O3/c1-19(12-23,15-6-7-15)21-17(24)14-3-2-10-22(11-14)18(25)13-4-8-16(20)9-5-13/h4-5,8-9,14-15,23H,2-3,6-7,10-12H2,1H3,(H,21,24). The van der Waals surface area contributed by atoms with E-state index in [0.717, 1.165) is 25.7 Å². The molecule has 2 fully saturated rings. The number of likely N-dealkylation sites (tertiary alicyclic amines) is 1. The van der Waals surface area contributed by atoms with Crippen LogP contribution in [0.3, 0.4) is 0 Å². The Balaban J connectivity index is 1.63. The molecule has 1 aliphatic heterocycles. The molecule has 0 spiro atoms. The fourth-order valence-corrected chi connectivity index (χ4v) is 3.53. The molecule has 2 aliphatic rings. The molecule has 2 amide bonds. The quantitative estimate of drug-likeness (QED) is 0.855. The number of carbonyl (C=O) groups excluding carboxylic acids is 2. The van der Waals surface area contributed by atoms with E-state index in [2.05, 4.69) is 5.32 Å². The molecule has 3 rings (SSSR count). The van der Waals surface area contributed by atoms with Crippen LogP contribution in [0.15, 0.2) is 24.3 Å². The van der Waals surface area contributed by atoms with Gasteiger partial charge in [-0.2, -0.15) is 0 Å². The number of benzene rings is 1. The van der Waals surface area contributed by atoms with Gasteiger partial charge in [0.2, 0.25) is 5.91 Å². The summed E-state index contributed by atoms with van der Waals surface area (Å²) in [4.78, 5) is 26.9. The summed E-state index contributed by atoms with van der Waals surface area (Å²) in [5.74, 6) is -0.592. The zero-order valence-corrected chi connectivity index (χ0v) is 14.5. The molecule has 0 radical (unpaired) electrons. The van der Waals surface area contributed by atoms with Crippen LogP contribution in [0.1, 0.15) is 43.0 Å². The average Bonchev–Trinajstić information content (AvgIpc) is 3.47. The highest BCUT2D eigenvalue weighted by Gasteiger charge is 2.43. The minimum atomic E-state index is -0.569. The van der Waals surface area contributed by atoms with Crippen molar-refractivity contribution >= 4 is 11.8 Å². The molecule has 1 aromatic carbocycles. The van der Waals surface area contributed by atoms with Crippen molar-refractivity contribution in [1.82, 2.24) is 10.2 Å². The van der Waals surface area contributed by atoms with Gasteiger partial charge in [-0.05, 0) is 62.8 Å². The minimum absolute atomic E-state index is 0.0750. The zero-order valence-electron chi connectivity index (χ0n) is 14.5. The lowest BCUT2D eigenvalue weighted by Gasteiger charge is -2.35. The molecule has 1 aromatic rings. The fourth-order valence-electron chi connectivity index (χ4n) is 3.53. The number of nitrogens with one attached hydrogen (secondary N) is 1. The normalized spacial score (nSPS) is 23.0. The highest BCUT2D eigenvalue weighted by Crippen LogP contribution is 2.39. The van der Waals surface area contributed by atoms with Crippen LogP contribution in [0.2, 0.25) is 0 Å². The molecule has 2 unspecified atom stereocenters. The maximum Gasteiger partial charge on any atom is 0.253 e. The summed E-state index contributed by atoms with van der Waals surface area (Å²) >= 11 is 0. The van der Waals surface area contributed by atoms with E-state index < -0.39 is 5.54 Å². The predicted molar refractivity (Wildman–Crippen MR) is 91.4 cm³/mol. The van der Waals surface area contributed by atoms with Crippen molar-refractivity contribution in [1.29, 1.82) is 0 Å². The van der Waals surface area contributed by atoms with Gasteiger partial charge in [-0.3, -0.25) is 9.59 Å². The summed E-state index contributed by atoms with van der Waals surface area (Å²) in [6, 6.07) is 5.47. The molecular weight excluding hydrogens is 323 g/mol. The molecular formula is C19H25FN2O3. The molecule has 0 bridgehead atoms. The van der Waals surface area contributed by atoms with Gasteiger partial charge in [-0.15, -0.1) is 0 Å². The van der Waals surface area contributed by atoms with Crippen LogP contribution in [0, 0.1) is 17.7 Å². The first-order valence-corrected chi connectivity index (χ1v) is 8.90. The van der Waals surface area contributed by atoms with Crippen molar-refractivity contribution in [2.75, 3.05) is 19.7 Å². The Morgan fingerprint density at radius 2 is 1.96 bits per heavy atom. The van der Waals surface area contributed by atoms with Crippen LogP contribution in [0.5, 0.6) is 0 Å². The highest BCUT2D eigenvalue weighted by atomic mass is 19.1. The van der Waals surface area contributed by atoms with E-state index in [-0.39, 0.29) is 30.2 Å². The summed E-state index contributed by atoms with van der Waals surface area (Å²) in [6.07, 6.45) is 3.53. The Bertz CT molecular complexity index is 645. The second-order valence-electron chi connectivity index (χ2n) is 7.44. The van der Waals surface area contributed by atoms with E-state index >= 15 is 0 Å². The number of piperidine rings is 1. The second kappa shape index (κ2) is 7.12. The van der Waals surface area contributed by atoms with Crippen LogP contribution >= 0.6 is 0 Å². The third kappa shape index (κ3) is 4.00. The number of aliphatic hydroxyl groups is 1. The van der Waals surface area contributed by atoms with E-state index in [0.29, 0.717) is 24.6 Å². The van der Waals surface area contributed by atoms with Crippen molar-refractivity contribution in [3.05, 3.63) is 35.6 Å². The predicted octanol–water partition coefficient (Wildman–Crippen LogP) is 1.96. The van der Waals surface area contributed by atoms with Gasteiger partial charge < -0.3 is 15.3 Å². The summed E-state index contributed by atoms with van der Waals surface area (Å²) in [7, 11) is 0. The van der Waals surface area contributed by atoms with Crippen molar-refractivity contribution in [2.24, 2.45) is 11.8 Å². The van der Waals surface area contributed by atoms with Crippen LogP contribution in [-0.4, -0.2) is 47.1 Å². The van der Waals surface area contributed by atoms with E-state index in [1.54, 1.807) is 4.90 Å². The monoisotopic (exact) mass is 348 g/mol. The number of rotatable bonds is 5. The molecule has 0 aromatic heterocycles. The number of aliphatic hydroxyl groups excluding tert-OH is 1. The number of halogens is 1. The highest BCUT2D eigenvalue weighted by molar-refractivity contribution is 5.94. The summed E-state index contributed by atoms with van der Waals surface area (Å²) in [6.45, 7) is 2.76. The number of amides is 2. The smallest absolute Gasteiger partial charge is 0.253 e. The lowest BCUT2D eigenvalue weighted by atomic mass is 9.92. The largest absolute Gasteiger partial charge is 0.394 e. The van der Waals surface area contributed by atoms with Gasteiger partial charge in [0, 0.05) is 18.7 Å². The molecule has 136 valence electrons. The number of hydrogen-bond acceptors (Lipinski definition) is 3. The molecule has 6 heteroatoms. The molecule has 1 saturated carbocycles. The third-order valence-electron chi connectivity index (χ3n) is 5.39. The Kier molecular flexibility index (Phi) is 5.08. The fraction of sp³-hybridized carbons (Fsp3) is 0.579. The Labute approximate surface area is 147 Å². The number of carbonyl (C=O) groups is 2. The first kappa shape index (κ1) is 17.9. The third-order valence-corrected chi connectivity index (χ3v) is 5.39. The zero-order chi connectivity index (χ0) is 18.0. The van der Waals surface area contributed by atoms with Gasteiger partial charge in [-0.25, -0.2) is 4.39 Å². The lowest BCUT2D eigenvalue weighted by Crippen LogP contribution is -2.55. The van der Waals surface area contributed by atoms with E-state index in [1.165, 1.54) is 24.3 Å². The van der Waals surface area contributed by atoms with Crippen molar-refractivity contribution in [3.63, 3.8) is 0 Å². The van der Waals surface area contributed by atoms with E-state index in [1.807, 2.05) is 6.92 Å². The maximum atomic E-state index is 13.0. The Hall–Kier alpha value is -1.95. The molecule has 1 aliphatic carbocycles. The van der Waals surface area contributed by atoms with Crippen molar-refractivity contribution in [3.8, 4) is 0 Å². The summed E-state index contributed by atoms with van der Waals surface area (Å²) < 4.78 is 13.0. The molecule has 2 atom stereocenters. The first-order chi connectivity index (χ1) is 11.9. The van der Waals surface area contributed by atoms with Crippen molar-refractivity contribution < 1.29 is 19.1 Å². The topological polar surface area (TPSA) is 69.6 Å². The Morgan fingerprint density at radius 1 is 1.28 bits per heavy atom. The lowest BCUT2D eigenvalue weighted by molar-refractivity contribution is -0.129. The van der Waals surface area contributed by atoms with Crippen LogP contribution < -0.4 is 5.32 Å². The van der Waals surface area contributed by atoms with Crippen LogP contribution in [-0.2, 0) is 4.79 Å². The second-order valence-corrected chi connectivity index (χ2v) is 7.44. The number of nitrogens with zero attached hydrogens (tertiary/aromatic N) is 1.